The summed E-state index contributed by atoms with van der Waals surface area (Å²) in [5.41, 5.74) is 0.602. The van der Waals surface area contributed by atoms with Gasteiger partial charge in [0.15, 0.2) is 23.3 Å². The summed E-state index contributed by atoms with van der Waals surface area (Å²) in [6.45, 7) is 6.65. The summed E-state index contributed by atoms with van der Waals surface area (Å²) >= 11 is 7.67. The Hall–Kier alpha value is -2.13. The largest absolute Gasteiger partial charge is 0.494 e. The average molecular weight is 502 g/mol. The number of hydrogen-bond acceptors (Lipinski definition) is 6. The number of carbonyl (C=O) groups is 1. The number of para-hydroxylation sites is 1. The Bertz CT molecular complexity index is 1050. The third kappa shape index (κ3) is 6.01. The Balaban J connectivity index is 0.00000363. The Morgan fingerprint density at radius 2 is 1.84 bits per heavy atom. The number of carbonyl (C=O) groups excluding carboxylic acids is 1. The van der Waals surface area contributed by atoms with E-state index < -0.39 is 5.82 Å². The van der Waals surface area contributed by atoms with Gasteiger partial charge in [0.2, 0.25) is 0 Å². The first-order valence-electron chi connectivity index (χ1n) is 10.0. The van der Waals surface area contributed by atoms with Crippen LogP contribution in [0.25, 0.3) is 10.2 Å². The lowest BCUT2D eigenvalue weighted by atomic mass is 10.3. The lowest BCUT2D eigenvalue weighted by Gasteiger charge is -2.24. The highest BCUT2D eigenvalue weighted by Crippen LogP contribution is 2.38. The van der Waals surface area contributed by atoms with Crippen molar-refractivity contribution in [2.24, 2.45) is 0 Å². The molecule has 1 aromatic heterocycles. The molecule has 2 aromatic carbocycles. The van der Waals surface area contributed by atoms with Crippen LogP contribution in [0.2, 0.25) is 5.02 Å². The van der Waals surface area contributed by atoms with Crippen molar-refractivity contribution in [3.05, 3.63) is 47.2 Å². The van der Waals surface area contributed by atoms with Crippen LogP contribution >= 0.6 is 35.3 Å². The number of thiazole rings is 1. The van der Waals surface area contributed by atoms with E-state index in [0.29, 0.717) is 34.5 Å². The monoisotopic (exact) mass is 501 g/mol. The van der Waals surface area contributed by atoms with E-state index in [1.807, 2.05) is 0 Å². The highest BCUT2D eigenvalue weighted by Gasteiger charge is 2.23. The van der Waals surface area contributed by atoms with Crippen LogP contribution in [0.3, 0.4) is 0 Å². The molecule has 0 saturated carbocycles. The molecule has 10 heteroatoms. The molecule has 32 heavy (non-hydrogen) atoms. The van der Waals surface area contributed by atoms with Crippen LogP contribution in [-0.2, 0) is 4.79 Å². The van der Waals surface area contributed by atoms with Gasteiger partial charge in [-0.1, -0.05) is 48.9 Å². The Morgan fingerprint density at radius 3 is 2.50 bits per heavy atom. The molecule has 0 unspecified atom stereocenters. The minimum Gasteiger partial charge on any atom is -0.494 e. The van der Waals surface area contributed by atoms with E-state index in [2.05, 4.69) is 23.7 Å². The first-order chi connectivity index (χ1) is 15.0. The fourth-order valence-electron chi connectivity index (χ4n) is 3.11. The number of fused-ring (bicyclic) bond motifs is 1. The molecule has 3 rings (SSSR count). The highest BCUT2D eigenvalue weighted by molar-refractivity contribution is 7.23. The molecule has 0 aliphatic rings. The first kappa shape index (κ1) is 26.1. The summed E-state index contributed by atoms with van der Waals surface area (Å²) in [6.07, 6.45) is 0. The number of methoxy groups -OCH3 is 1. The van der Waals surface area contributed by atoms with Crippen molar-refractivity contribution < 1.29 is 18.7 Å². The molecule has 0 aliphatic heterocycles. The Morgan fingerprint density at radius 1 is 1.12 bits per heavy atom. The van der Waals surface area contributed by atoms with E-state index in [1.165, 1.54) is 23.5 Å². The van der Waals surface area contributed by atoms with E-state index in [0.717, 1.165) is 17.8 Å². The molecule has 6 nitrogen and oxygen atoms in total. The summed E-state index contributed by atoms with van der Waals surface area (Å²) in [4.78, 5) is 21.5. The van der Waals surface area contributed by atoms with Crippen LogP contribution in [0.4, 0.5) is 9.52 Å². The number of benzene rings is 2. The van der Waals surface area contributed by atoms with Gasteiger partial charge in [-0.05, 0) is 37.4 Å². The fraction of sp³-hybridized carbons (Fsp3) is 0.364. The minimum atomic E-state index is -0.513. The van der Waals surface area contributed by atoms with Gasteiger partial charge in [-0.3, -0.25) is 9.69 Å². The number of nitrogens with zero attached hydrogens (tertiary/aromatic N) is 3. The van der Waals surface area contributed by atoms with Crippen LogP contribution in [-0.4, -0.2) is 55.7 Å². The minimum absolute atomic E-state index is 0. The molecular weight excluding hydrogens is 476 g/mol. The maximum absolute atomic E-state index is 13.9. The van der Waals surface area contributed by atoms with Gasteiger partial charge in [0.25, 0.3) is 5.91 Å². The lowest BCUT2D eigenvalue weighted by molar-refractivity contribution is -0.120. The lowest BCUT2D eigenvalue weighted by Crippen LogP contribution is -2.41. The van der Waals surface area contributed by atoms with Crippen molar-refractivity contribution in [2.75, 3.05) is 44.8 Å². The van der Waals surface area contributed by atoms with Gasteiger partial charge >= 0.3 is 0 Å². The third-order valence-electron chi connectivity index (χ3n) is 4.92. The van der Waals surface area contributed by atoms with Gasteiger partial charge in [-0.15, -0.1) is 12.4 Å². The summed E-state index contributed by atoms with van der Waals surface area (Å²) < 4.78 is 25.5. The van der Waals surface area contributed by atoms with Crippen LogP contribution in [0.15, 0.2) is 36.4 Å². The van der Waals surface area contributed by atoms with Crippen molar-refractivity contribution in [1.29, 1.82) is 0 Å². The molecule has 0 radical (unpaired) electrons. The van der Waals surface area contributed by atoms with Gasteiger partial charge in [0.05, 0.1) is 16.8 Å². The predicted molar refractivity (Wildman–Crippen MR) is 130 cm³/mol. The maximum Gasteiger partial charge on any atom is 0.266 e. The van der Waals surface area contributed by atoms with Crippen molar-refractivity contribution in [3.63, 3.8) is 0 Å². The average Bonchev–Trinajstić information content (AvgIpc) is 3.22. The van der Waals surface area contributed by atoms with E-state index in [9.17, 15) is 9.18 Å². The van der Waals surface area contributed by atoms with Gasteiger partial charge in [0.1, 0.15) is 11.3 Å². The molecule has 174 valence electrons. The summed E-state index contributed by atoms with van der Waals surface area (Å²) in [6, 6.07) is 9.50. The molecule has 1 heterocycles. The van der Waals surface area contributed by atoms with Crippen LogP contribution in [0.1, 0.15) is 13.8 Å². The van der Waals surface area contributed by atoms with Gasteiger partial charge < -0.3 is 14.4 Å². The third-order valence-corrected chi connectivity index (χ3v) is 6.46. The van der Waals surface area contributed by atoms with Gasteiger partial charge in [-0.25, -0.2) is 9.37 Å². The zero-order valence-corrected chi connectivity index (χ0v) is 20.5. The number of ether oxygens (including phenoxy) is 2. The highest BCUT2D eigenvalue weighted by atomic mass is 35.5. The topological polar surface area (TPSA) is 54.9 Å². The second-order valence-corrected chi connectivity index (χ2v) is 8.10. The van der Waals surface area contributed by atoms with Gasteiger partial charge in [0, 0.05) is 13.1 Å². The van der Waals surface area contributed by atoms with Crippen LogP contribution in [0.5, 0.6) is 11.5 Å². The molecule has 0 N–H and O–H groups in total. The van der Waals surface area contributed by atoms with Gasteiger partial charge in [-0.2, -0.15) is 0 Å². The molecule has 0 aliphatic carbocycles. The fourth-order valence-corrected chi connectivity index (χ4v) is 4.41. The zero-order chi connectivity index (χ0) is 22.4. The standard InChI is InChI=1S/C22H25ClFN3O3S.ClH/c1-4-26(5-2)12-13-27(19(28)14-30-17-9-7-6-8-16(17)24)22-25-20-18(29-3)11-10-15(23)21(20)31-22;/h6-11H,4-5,12-14H2,1-3H3;1H. The van der Waals surface area contributed by atoms with Crippen molar-refractivity contribution in [2.45, 2.75) is 13.8 Å². The number of aromatic nitrogens is 1. The molecule has 0 saturated heterocycles. The molecule has 3 aromatic rings. The van der Waals surface area contributed by atoms with Crippen molar-refractivity contribution in [3.8, 4) is 11.5 Å². The van der Waals surface area contributed by atoms with Crippen LogP contribution < -0.4 is 14.4 Å². The van der Waals surface area contributed by atoms with E-state index in [4.69, 9.17) is 21.1 Å². The van der Waals surface area contributed by atoms with Crippen LogP contribution in [0, 0.1) is 5.82 Å². The zero-order valence-electron chi connectivity index (χ0n) is 18.1. The second-order valence-electron chi connectivity index (χ2n) is 6.72. The number of rotatable bonds is 10. The SMILES string of the molecule is CCN(CC)CCN(C(=O)COc1ccccc1F)c1nc2c(OC)ccc(Cl)c2s1.Cl. The van der Waals surface area contributed by atoms with E-state index >= 15 is 0 Å². The summed E-state index contributed by atoms with van der Waals surface area (Å²) in [5.74, 6) is -0.208. The predicted octanol–water partition coefficient (Wildman–Crippen LogP) is 5.27. The normalized spacial score (nSPS) is 10.8. The molecule has 0 spiro atoms. The smallest absolute Gasteiger partial charge is 0.266 e. The number of hydrogen-bond donors (Lipinski definition) is 0. The maximum atomic E-state index is 13.9. The first-order valence-corrected chi connectivity index (χ1v) is 11.2. The quantitative estimate of drug-likeness (QED) is 0.378. The molecule has 0 atom stereocenters. The second kappa shape index (κ2) is 12.2. The van der Waals surface area contributed by atoms with Crippen molar-refractivity contribution >= 4 is 56.6 Å². The Kier molecular flexibility index (Phi) is 9.96. The summed E-state index contributed by atoms with van der Waals surface area (Å²) in [7, 11) is 1.56. The number of halogens is 3. The molecule has 0 fully saturated rings. The molecular formula is C22H26Cl2FN3O3S. The Labute approximate surface area is 202 Å². The van der Waals surface area contributed by atoms with Crippen molar-refractivity contribution in [1.82, 2.24) is 9.88 Å². The number of likely N-dealkylation sites (N-methyl/N-ethyl adjacent to an activating group) is 1. The molecule has 1 amide bonds. The number of anilines is 1. The van der Waals surface area contributed by atoms with E-state index in [1.54, 1.807) is 36.3 Å². The summed E-state index contributed by atoms with van der Waals surface area (Å²) in [5, 5.41) is 1.04. The molecule has 0 bridgehead atoms. The van der Waals surface area contributed by atoms with E-state index in [-0.39, 0.29) is 30.7 Å². The number of amides is 1.